The minimum atomic E-state index is 0.788. The van der Waals surface area contributed by atoms with Crippen LogP contribution in [0, 0.1) is 0 Å². The van der Waals surface area contributed by atoms with Crippen LogP contribution in [0.5, 0.6) is 5.75 Å². The quantitative estimate of drug-likeness (QED) is 0.937. The maximum Gasteiger partial charge on any atom is 0.163 e. The summed E-state index contributed by atoms with van der Waals surface area (Å²) in [6, 6.07) is 7.95. The molecule has 4 heteroatoms. The molecule has 2 heterocycles. The third-order valence-electron chi connectivity index (χ3n) is 3.85. The standard InChI is InChI=1S/C17H21N3O/c1-3-6-14-13-11-18-10-9-15(13)20-17(19-14)12-7-4-5-8-16(12)21-2/h4-5,7-8,18H,3,6,9-11H2,1-2H3. The third kappa shape index (κ3) is 2.76. The highest BCUT2D eigenvalue weighted by Gasteiger charge is 2.18. The van der Waals surface area contributed by atoms with Crippen molar-refractivity contribution in [2.24, 2.45) is 0 Å². The van der Waals surface area contributed by atoms with Crippen molar-refractivity contribution in [3.63, 3.8) is 0 Å². The van der Waals surface area contributed by atoms with Crippen molar-refractivity contribution >= 4 is 0 Å². The summed E-state index contributed by atoms with van der Waals surface area (Å²) in [4.78, 5) is 9.63. The van der Waals surface area contributed by atoms with Gasteiger partial charge in [0, 0.05) is 30.8 Å². The van der Waals surface area contributed by atoms with Gasteiger partial charge in [-0.3, -0.25) is 0 Å². The second kappa shape index (κ2) is 6.22. The molecule has 21 heavy (non-hydrogen) atoms. The molecule has 0 fully saturated rings. The molecule has 3 rings (SSSR count). The van der Waals surface area contributed by atoms with Gasteiger partial charge < -0.3 is 10.1 Å². The van der Waals surface area contributed by atoms with Crippen LogP contribution < -0.4 is 10.1 Å². The van der Waals surface area contributed by atoms with E-state index in [4.69, 9.17) is 14.7 Å². The first-order chi connectivity index (χ1) is 10.3. The van der Waals surface area contributed by atoms with Gasteiger partial charge in [0.2, 0.25) is 0 Å². The van der Waals surface area contributed by atoms with Crippen LogP contribution in [0.4, 0.5) is 0 Å². The fourth-order valence-electron chi connectivity index (χ4n) is 2.81. The number of aromatic nitrogens is 2. The predicted octanol–water partition coefficient (Wildman–Crippen LogP) is 2.75. The summed E-state index contributed by atoms with van der Waals surface area (Å²) in [5.41, 5.74) is 4.63. The second-order valence-electron chi connectivity index (χ2n) is 5.30. The molecule has 0 saturated carbocycles. The van der Waals surface area contributed by atoms with E-state index in [-0.39, 0.29) is 0 Å². The normalized spacial score (nSPS) is 13.8. The number of hydrogen-bond acceptors (Lipinski definition) is 4. The van der Waals surface area contributed by atoms with Gasteiger partial charge in [0.25, 0.3) is 0 Å². The van der Waals surface area contributed by atoms with E-state index < -0.39 is 0 Å². The number of methoxy groups -OCH3 is 1. The van der Waals surface area contributed by atoms with E-state index in [1.165, 1.54) is 17.0 Å². The Balaban J connectivity index is 2.12. The van der Waals surface area contributed by atoms with Crippen molar-refractivity contribution in [2.75, 3.05) is 13.7 Å². The summed E-state index contributed by atoms with van der Waals surface area (Å²) < 4.78 is 5.45. The maximum absolute atomic E-state index is 5.45. The molecule has 1 aromatic heterocycles. The highest BCUT2D eigenvalue weighted by atomic mass is 16.5. The lowest BCUT2D eigenvalue weighted by molar-refractivity contribution is 0.416. The fourth-order valence-corrected chi connectivity index (χ4v) is 2.81. The Bertz CT molecular complexity index is 640. The van der Waals surface area contributed by atoms with Crippen LogP contribution in [0.25, 0.3) is 11.4 Å². The number of para-hydroxylation sites is 1. The largest absolute Gasteiger partial charge is 0.496 e. The van der Waals surface area contributed by atoms with E-state index >= 15 is 0 Å². The molecule has 0 atom stereocenters. The Hall–Kier alpha value is -1.94. The Morgan fingerprint density at radius 2 is 2.10 bits per heavy atom. The molecular weight excluding hydrogens is 262 g/mol. The van der Waals surface area contributed by atoms with Crippen LogP contribution in [0.1, 0.15) is 30.3 Å². The summed E-state index contributed by atoms with van der Waals surface area (Å²) in [5, 5.41) is 3.42. The Morgan fingerprint density at radius 3 is 2.90 bits per heavy atom. The zero-order chi connectivity index (χ0) is 14.7. The van der Waals surface area contributed by atoms with Crippen LogP contribution >= 0.6 is 0 Å². The fraction of sp³-hybridized carbons (Fsp3) is 0.412. The number of aryl methyl sites for hydroxylation is 1. The van der Waals surface area contributed by atoms with Gasteiger partial charge in [-0.15, -0.1) is 0 Å². The van der Waals surface area contributed by atoms with Gasteiger partial charge >= 0.3 is 0 Å². The third-order valence-corrected chi connectivity index (χ3v) is 3.85. The lowest BCUT2D eigenvalue weighted by atomic mass is 10.0. The van der Waals surface area contributed by atoms with E-state index in [1.807, 2.05) is 24.3 Å². The smallest absolute Gasteiger partial charge is 0.163 e. The lowest BCUT2D eigenvalue weighted by Crippen LogP contribution is -2.26. The summed E-state index contributed by atoms with van der Waals surface area (Å²) in [6.07, 6.45) is 3.06. The molecule has 0 unspecified atom stereocenters. The molecule has 1 aliphatic heterocycles. The molecule has 0 spiro atoms. The van der Waals surface area contributed by atoms with E-state index in [2.05, 4.69) is 12.2 Å². The van der Waals surface area contributed by atoms with Crippen LogP contribution in [0.15, 0.2) is 24.3 Å². The monoisotopic (exact) mass is 283 g/mol. The summed E-state index contributed by atoms with van der Waals surface area (Å²) in [6.45, 7) is 4.06. The molecule has 1 aliphatic rings. The van der Waals surface area contributed by atoms with Crippen molar-refractivity contribution < 1.29 is 4.74 Å². The van der Waals surface area contributed by atoms with E-state index in [1.54, 1.807) is 7.11 Å². The summed E-state index contributed by atoms with van der Waals surface area (Å²) >= 11 is 0. The molecule has 0 amide bonds. The maximum atomic E-state index is 5.45. The molecule has 1 aromatic carbocycles. The molecule has 0 saturated heterocycles. The van der Waals surface area contributed by atoms with E-state index in [0.717, 1.165) is 49.5 Å². The van der Waals surface area contributed by atoms with Crippen molar-refractivity contribution in [3.05, 3.63) is 41.2 Å². The van der Waals surface area contributed by atoms with Crippen LogP contribution in [0.3, 0.4) is 0 Å². The molecule has 110 valence electrons. The first kappa shape index (κ1) is 14.0. The van der Waals surface area contributed by atoms with Crippen molar-refractivity contribution in [3.8, 4) is 17.1 Å². The Kier molecular flexibility index (Phi) is 4.15. The number of rotatable bonds is 4. The molecule has 1 N–H and O–H groups in total. The zero-order valence-electron chi connectivity index (χ0n) is 12.6. The average molecular weight is 283 g/mol. The van der Waals surface area contributed by atoms with Gasteiger partial charge in [0.15, 0.2) is 5.82 Å². The van der Waals surface area contributed by atoms with Crippen LogP contribution in [0.2, 0.25) is 0 Å². The van der Waals surface area contributed by atoms with E-state index in [9.17, 15) is 0 Å². The van der Waals surface area contributed by atoms with Gasteiger partial charge in [-0.05, 0) is 18.6 Å². The average Bonchev–Trinajstić information content (AvgIpc) is 2.55. The van der Waals surface area contributed by atoms with Gasteiger partial charge in [0.05, 0.1) is 18.4 Å². The number of hydrogen-bond donors (Lipinski definition) is 1. The van der Waals surface area contributed by atoms with Crippen molar-refractivity contribution in [1.29, 1.82) is 0 Å². The van der Waals surface area contributed by atoms with Crippen LogP contribution in [-0.2, 0) is 19.4 Å². The highest BCUT2D eigenvalue weighted by Crippen LogP contribution is 2.29. The number of benzene rings is 1. The number of nitrogens with zero attached hydrogens (tertiary/aromatic N) is 2. The molecule has 0 bridgehead atoms. The number of fused-ring (bicyclic) bond motifs is 1. The van der Waals surface area contributed by atoms with Gasteiger partial charge in [0.1, 0.15) is 5.75 Å². The number of nitrogens with one attached hydrogen (secondary N) is 1. The molecule has 4 nitrogen and oxygen atoms in total. The van der Waals surface area contributed by atoms with E-state index in [0.29, 0.717) is 0 Å². The van der Waals surface area contributed by atoms with Gasteiger partial charge in [-0.1, -0.05) is 25.5 Å². The first-order valence-electron chi connectivity index (χ1n) is 7.56. The zero-order valence-corrected chi connectivity index (χ0v) is 12.6. The Labute approximate surface area is 125 Å². The molecule has 0 aliphatic carbocycles. The number of ether oxygens (including phenoxy) is 1. The lowest BCUT2D eigenvalue weighted by Gasteiger charge is -2.20. The minimum Gasteiger partial charge on any atom is -0.496 e. The van der Waals surface area contributed by atoms with Crippen LogP contribution in [-0.4, -0.2) is 23.6 Å². The van der Waals surface area contributed by atoms with Gasteiger partial charge in [-0.25, -0.2) is 9.97 Å². The highest BCUT2D eigenvalue weighted by molar-refractivity contribution is 5.64. The topological polar surface area (TPSA) is 47.0 Å². The summed E-state index contributed by atoms with van der Waals surface area (Å²) in [5.74, 6) is 1.62. The minimum absolute atomic E-state index is 0.788. The SMILES string of the molecule is CCCc1nc(-c2ccccc2OC)nc2c1CNCC2. The Morgan fingerprint density at radius 1 is 1.24 bits per heavy atom. The van der Waals surface area contributed by atoms with Crippen molar-refractivity contribution in [1.82, 2.24) is 15.3 Å². The summed E-state index contributed by atoms with van der Waals surface area (Å²) in [7, 11) is 1.69. The molecule has 2 aromatic rings. The first-order valence-corrected chi connectivity index (χ1v) is 7.56. The van der Waals surface area contributed by atoms with Gasteiger partial charge in [-0.2, -0.15) is 0 Å². The second-order valence-corrected chi connectivity index (χ2v) is 5.30. The molecule has 0 radical (unpaired) electrons. The molecular formula is C17H21N3O. The van der Waals surface area contributed by atoms with Crippen molar-refractivity contribution in [2.45, 2.75) is 32.7 Å². The predicted molar refractivity (Wildman–Crippen MR) is 83.4 cm³/mol.